The van der Waals surface area contributed by atoms with Crippen molar-refractivity contribution in [3.8, 4) is 22.4 Å². The largest absolute Gasteiger partial charge is 0.248 e. The molecule has 1 aromatic heterocycles. The number of para-hydroxylation sites is 1. The molecule has 4 aromatic rings. The Morgan fingerprint density at radius 2 is 1.27 bits per heavy atom. The Morgan fingerprint density at radius 1 is 0.577 bits per heavy atom. The number of hydrogen-bond donors (Lipinski definition) is 0. The molecule has 0 bridgehead atoms. The summed E-state index contributed by atoms with van der Waals surface area (Å²) in [5.74, 6) is 0. The quantitative estimate of drug-likeness (QED) is 0.392. The van der Waals surface area contributed by atoms with E-state index in [0.29, 0.717) is 0 Å². The Hall–Kier alpha value is -2.93. The lowest BCUT2D eigenvalue weighted by atomic mass is 9.94. The molecule has 0 spiro atoms. The van der Waals surface area contributed by atoms with Crippen molar-refractivity contribution >= 4 is 10.9 Å². The normalized spacial score (nSPS) is 11.1. The minimum absolute atomic E-state index is 1.05. The van der Waals surface area contributed by atoms with Gasteiger partial charge in [0.25, 0.3) is 0 Å². The Morgan fingerprint density at radius 3 is 2.04 bits per heavy atom. The molecule has 0 aliphatic carbocycles. The first-order valence-corrected chi connectivity index (χ1v) is 9.08. The first-order chi connectivity index (χ1) is 12.5. The van der Waals surface area contributed by atoms with Gasteiger partial charge in [0.1, 0.15) is 0 Å². The van der Waals surface area contributed by atoms with E-state index in [0.717, 1.165) is 11.2 Å². The van der Waals surface area contributed by atoms with Gasteiger partial charge in [-0.1, -0.05) is 48.5 Å². The Labute approximate surface area is 155 Å². The van der Waals surface area contributed by atoms with Gasteiger partial charge in [-0.2, -0.15) is 0 Å². The molecule has 0 unspecified atom stereocenters. The summed E-state index contributed by atoms with van der Waals surface area (Å²) >= 11 is 0. The van der Waals surface area contributed by atoms with Gasteiger partial charge in [-0.25, -0.2) is 4.98 Å². The van der Waals surface area contributed by atoms with Crippen LogP contribution in [0.15, 0.2) is 66.7 Å². The number of benzene rings is 3. The first kappa shape index (κ1) is 16.5. The van der Waals surface area contributed by atoms with Crippen molar-refractivity contribution in [2.45, 2.75) is 27.7 Å². The summed E-state index contributed by atoms with van der Waals surface area (Å²) in [6.45, 7) is 8.64. The zero-order valence-electron chi connectivity index (χ0n) is 15.8. The number of pyridine rings is 1. The SMILES string of the molecule is Cc1ccc(-c2ccc(C)c(-c3nc4ccccc4cc3C)c2)cc1C. The summed E-state index contributed by atoms with van der Waals surface area (Å²) in [6.07, 6.45) is 0. The number of hydrogen-bond acceptors (Lipinski definition) is 1. The summed E-state index contributed by atoms with van der Waals surface area (Å²) in [5.41, 5.74) is 10.9. The van der Waals surface area contributed by atoms with Gasteiger partial charge in [-0.05, 0) is 79.3 Å². The Balaban J connectivity index is 1.89. The van der Waals surface area contributed by atoms with Gasteiger partial charge in [0.05, 0.1) is 11.2 Å². The number of aromatic nitrogens is 1. The second-order valence-electron chi connectivity index (χ2n) is 7.18. The predicted octanol–water partition coefficient (Wildman–Crippen LogP) is 6.80. The van der Waals surface area contributed by atoms with Crippen molar-refractivity contribution in [3.05, 3.63) is 89.0 Å². The average Bonchev–Trinajstić information content (AvgIpc) is 2.64. The van der Waals surface area contributed by atoms with Gasteiger partial charge >= 0.3 is 0 Å². The number of aryl methyl sites for hydroxylation is 4. The van der Waals surface area contributed by atoms with Crippen LogP contribution in [0.5, 0.6) is 0 Å². The maximum atomic E-state index is 4.97. The van der Waals surface area contributed by atoms with Crippen molar-refractivity contribution in [3.63, 3.8) is 0 Å². The second-order valence-corrected chi connectivity index (χ2v) is 7.18. The van der Waals surface area contributed by atoms with E-state index in [1.807, 2.05) is 6.07 Å². The molecular formula is C25H23N. The van der Waals surface area contributed by atoms with Crippen LogP contribution in [-0.2, 0) is 0 Å². The maximum Gasteiger partial charge on any atom is 0.0741 e. The molecule has 0 radical (unpaired) electrons. The van der Waals surface area contributed by atoms with Gasteiger partial charge in [-0.3, -0.25) is 0 Å². The highest BCUT2D eigenvalue weighted by Gasteiger charge is 2.11. The van der Waals surface area contributed by atoms with Crippen LogP contribution in [0, 0.1) is 27.7 Å². The summed E-state index contributed by atoms with van der Waals surface area (Å²) in [7, 11) is 0. The van der Waals surface area contributed by atoms with Gasteiger partial charge < -0.3 is 0 Å². The summed E-state index contributed by atoms with van der Waals surface area (Å²) < 4.78 is 0. The molecule has 0 aliphatic heterocycles. The molecule has 4 rings (SSSR count). The fraction of sp³-hybridized carbons (Fsp3) is 0.160. The van der Waals surface area contributed by atoms with Gasteiger partial charge in [0.2, 0.25) is 0 Å². The van der Waals surface area contributed by atoms with Gasteiger partial charge in [-0.15, -0.1) is 0 Å². The molecule has 0 atom stereocenters. The van der Waals surface area contributed by atoms with Crippen molar-refractivity contribution < 1.29 is 0 Å². The molecule has 0 aliphatic rings. The average molecular weight is 337 g/mol. The van der Waals surface area contributed by atoms with Crippen LogP contribution in [-0.4, -0.2) is 4.98 Å². The van der Waals surface area contributed by atoms with E-state index < -0.39 is 0 Å². The van der Waals surface area contributed by atoms with E-state index in [2.05, 4.69) is 88.4 Å². The van der Waals surface area contributed by atoms with Gasteiger partial charge in [0.15, 0.2) is 0 Å². The van der Waals surface area contributed by atoms with Crippen LogP contribution in [0.1, 0.15) is 22.3 Å². The van der Waals surface area contributed by atoms with E-state index in [4.69, 9.17) is 4.98 Å². The molecular weight excluding hydrogens is 314 g/mol. The lowest BCUT2D eigenvalue weighted by molar-refractivity contribution is 1.30. The lowest BCUT2D eigenvalue weighted by Crippen LogP contribution is -1.93. The van der Waals surface area contributed by atoms with E-state index in [9.17, 15) is 0 Å². The zero-order chi connectivity index (χ0) is 18.3. The first-order valence-electron chi connectivity index (χ1n) is 9.08. The third kappa shape index (κ3) is 2.90. The molecule has 3 aromatic carbocycles. The molecule has 0 saturated carbocycles. The van der Waals surface area contributed by atoms with Crippen molar-refractivity contribution in [1.29, 1.82) is 0 Å². The number of nitrogens with zero attached hydrogens (tertiary/aromatic N) is 1. The van der Waals surface area contributed by atoms with Crippen LogP contribution < -0.4 is 0 Å². The third-order valence-electron chi connectivity index (χ3n) is 5.25. The minimum Gasteiger partial charge on any atom is -0.248 e. The fourth-order valence-electron chi connectivity index (χ4n) is 3.47. The molecule has 1 heterocycles. The molecule has 1 nitrogen and oxygen atoms in total. The number of fused-ring (bicyclic) bond motifs is 1. The smallest absolute Gasteiger partial charge is 0.0741 e. The highest BCUT2D eigenvalue weighted by atomic mass is 14.7. The minimum atomic E-state index is 1.05. The van der Waals surface area contributed by atoms with Crippen LogP contribution in [0.25, 0.3) is 33.3 Å². The molecule has 1 heteroatoms. The van der Waals surface area contributed by atoms with E-state index >= 15 is 0 Å². The van der Waals surface area contributed by atoms with E-state index in [1.54, 1.807) is 0 Å². The third-order valence-corrected chi connectivity index (χ3v) is 5.25. The standard InChI is InChI=1S/C25H23N/c1-16-9-11-20(13-18(16)3)21-12-10-17(2)23(15-21)25-19(4)14-22-7-5-6-8-24(22)26-25/h5-15H,1-4H3. The Kier molecular flexibility index (Phi) is 4.08. The maximum absolute atomic E-state index is 4.97. The summed E-state index contributed by atoms with van der Waals surface area (Å²) in [6, 6.07) is 23.9. The monoisotopic (exact) mass is 337 g/mol. The topological polar surface area (TPSA) is 12.9 Å². The molecule has 128 valence electrons. The zero-order valence-corrected chi connectivity index (χ0v) is 15.8. The lowest BCUT2D eigenvalue weighted by Gasteiger charge is -2.13. The van der Waals surface area contributed by atoms with Crippen molar-refractivity contribution in [2.75, 3.05) is 0 Å². The van der Waals surface area contributed by atoms with Crippen LogP contribution in [0.3, 0.4) is 0 Å². The van der Waals surface area contributed by atoms with Crippen LogP contribution in [0.2, 0.25) is 0 Å². The summed E-state index contributed by atoms with van der Waals surface area (Å²) in [5, 5.41) is 1.19. The number of rotatable bonds is 2. The molecule has 26 heavy (non-hydrogen) atoms. The Bertz CT molecular complexity index is 1120. The van der Waals surface area contributed by atoms with Gasteiger partial charge in [0, 0.05) is 10.9 Å². The van der Waals surface area contributed by atoms with Crippen LogP contribution in [0.4, 0.5) is 0 Å². The van der Waals surface area contributed by atoms with E-state index in [1.165, 1.54) is 44.3 Å². The molecule has 0 fully saturated rings. The second kappa shape index (κ2) is 6.42. The van der Waals surface area contributed by atoms with Crippen molar-refractivity contribution in [1.82, 2.24) is 4.98 Å². The van der Waals surface area contributed by atoms with E-state index in [-0.39, 0.29) is 0 Å². The highest BCUT2D eigenvalue weighted by Crippen LogP contribution is 2.32. The predicted molar refractivity (Wildman–Crippen MR) is 112 cm³/mol. The molecule has 0 N–H and O–H groups in total. The molecule has 0 amide bonds. The summed E-state index contributed by atoms with van der Waals surface area (Å²) in [4.78, 5) is 4.97. The van der Waals surface area contributed by atoms with Crippen LogP contribution >= 0.6 is 0 Å². The fourth-order valence-corrected chi connectivity index (χ4v) is 3.47. The molecule has 0 saturated heterocycles. The highest BCUT2D eigenvalue weighted by molar-refractivity contribution is 5.85. The van der Waals surface area contributed by atoms with Crippen molar-refractivity contribution in [2.24, 2.45) is 0 Å².